The molecule has 0 bridgehead atoms. The van der Waals surface area contributed by atoms with E-state index in [-0.39, 0.29) is 33.4 Å². The fourth-order valence-electron chi connectivity index (χ4n) is 5.22. The number of carbonyl (C=O) groups is 7. The number of hydrogen-bond donors (Lipinski definition) is 2. The van der Waals surface area contributed by atoms with Crippen molar-refractivity contribution >= 4 is 40.5 Å². The van der Waals surface area contributed by atoms with Gasteiger partial charge in [-0.25, -0.2) is 0 Å². The molecule has 6 rings (SSSR count). The van der Waals surface area contributed by atoms with E-state index in [0.717, 1.165) is 0 Å². The van der Waals surface area contributed by atoms with Crippen molar-refractivity contribution in [1.82, 2.24) is 10.6 Å². The summed E-state index contributed by atoms with van der Waals surface area (Å²) in [5.74, 6) is -6.60. The van der Waals surface area contributed by atoms with Gasteiger partial charge in [0.1, 0.15) is 11.8 Å². The van der Waals surface area contributed by atoms with Crippen molar-refractivity contribution in [1.29, 1.82) is 0 Å². The van der Waals surface area contributed by atoms with E-state index >= 15 is 0 Å². The van der Waals surface area contributed by atoms with E-state index < -0.39 is 64.4 Å². The fourth-order valence-corrected chi connectivity index (χ4v) is 5.22. The van der Waals surface area contributed by atoms with Crippen LogP contribution < -0.4 is 10.6 Å². The summed E-state index contributed by atoms with van der Waals surface area (Å²) in [6, 6.07) is 7.11. The molecule has 2 aromatic carbocycles. The van der Waals surface area contributed by atoms with Crippen LogP contribution in [-0.4, -0.2) is 65.7 Å². The van der Waals surface area contributed by atoms with Crippen LogP contribution in [0.3, 0.4) is 0 Å². The van der Waals surface area contributed by atoms with Crippen LogP contribution in [0.25, 0.3) is 0 Å². The molecule has 2 saturated heterocycles. The highest BCUT2D eigenvalue weighted by Crippen LogP contribution is 2.33. The summed E-state index contributed by atoms with van der Waals surface area (Å²) in [7, 11) is 0. The Bertz CT molecular complexity index is 1340. The second-order valence-electron chi connectivity index (χ2n) is 9.57. The number of benzene rings is 2. The van der Waals surface area contributed by atoms with Crippen LogP contribution in [0.2, 0.25) is 0 Å². The van der Waals surface area contributed by atoms with Gasteiger partial charge in [-0.3, -0.25) is 33.6 Å². The van der Waals surface area contributed by atoms with Crippen molar-refractivity contribution in [3.8, 4) is 0 Å². The van der Waals surface area contributed by atoms with Crippen LogP contribution in [0.4, 0.5) is 0 Å². The summed E-state index contributed by atoms with van der Waals surface area (Å²) in [4.78, 5) is 89.8. The van der Waals surface area contributed by atoms with E-state index in [4.69, 9.17) is 0 Å². The number of hydrogen-bond acceptors (Lipinski definition) is 9. The number of rotatable bonds is 6. The summed E-state index contributed by atoms with van der Waals surface area (Å²) in [5, 5.41) is 5.81. The van der Waals surface area contributed by atoms with Gasteiger partial charge < -0.3 is 10.6 Å². The van der Waals surface area contributed by atoms with E-state index in [9.17, 15) is 33.6 Å². The van der Waals surface area contributed by atoms with Crippen molar-refractivity contribution in [3.63, 3.8) is 0 Å². The maximum Gasteiger partial charge on any atom is 0.193 e. The Labute approximate surface area is 204 Å². The molecule has 0 saturated carbocycles. The van der Waals surface area contributed by atoms with E-state index in [1.54, 1.807) is 0 Å². The quantitative estimate of drug-likeness (QED) is 0.449. The van der Waals surface area contributed by atoms with Crippen LogP contribution in [0.15, 0.2) is 36.4 Å². The molecule has 2 heterocycles. The third-order valence-electron chi connectivity index (χ3n) is 7.58. The maximum atomic E-state index is 13.2. The monoisotopic (exact) mass is 484 g/mol. The molecule has 0 spiro atoms. The smallest absolute Gasteiger partial charge is 0.193 e. The molecule has 180 valence electrons. The summed E-state index contributed by atoms with van der Waals surface area (Å²) in [6.45, 7) is 1.30. The Morgan fingerprint density at radius 1 is 0.583 bits per heavy atom. The Hall–Kier alpha value is -3.95. The minimum atomic E-state index is -1.40. The minimum Gasteiger partial charge on any atom is -0.307 e. The normalized spacial score (nSPS) is 26.2. The van der Waals surface area contributed by atoms with Gasteiger partial charge in [-0.1, -0.05) is 12.1 Å². The standard InChI is InChI=1S/C27H20N2O7/c30-21(11-1-3-13-15(9-11)24(33)19(22(13)31)26(35)17-5-7-28-17)12-2-4-14-16(10-12)25(34)20(23(14)32)27(36)18-6-8-29-18/h1-4,9-10,17-20,28-29H,5-8H2/t17-,18-,19?,20?/m0/s1. The first kappa shape index (κ1) is 22.5. The lowest BCUT2D eigenvalue weighted by atomic mass is 9.89. The number of carbonyl (C=O) groups excluding carboxylic acids is 7. The Morgan fingerprint density at radius 2 is 0.944 bits per heavy atom. The van der Waals surface area contributed by atoms with Crippen LogP contribution in [-0.2, 0) is 9.59 Å². The highest BCUT2D eigenvalue weighted by atomic mass is 16.2. The molecule has 36 heavy (non-hydrogen) atoms. The molecule has 9 nitrogen and oxygen atoms in total. The Kier molecular flexibility index (Phi) is 5.03. The zero-order chi connectivity index (χ0) is 25.3. The van der Waals surface area contributed by atoms with Crippen LogP contribution in [0, 0.1) is 11.8 Å². The fraction of sp³-hybridized carbons (Fsp3) is 0.296. The van der Waals surface area contributed by atoms with E-state index in [2.05, 4.69) is 10.6 Å². The van der Waals surface area contributed by atoms with Crippen molar-refractivity contribution in [2.24, 2.45) is 11.8 Å². The number of ketones is 7. The van der Waals surface area contributed by atoms with Gasteiger partial charge in [-0.05, 0) is 50.2 Å². The predicted molar refractivity (Wildman–Crippen MR) is 123 cm³/mol. The summed E-state index contributed by atoms with van der Waals surface area (Å²) >= 11 is 0. The molecular formula is C27H20N2O7. The van der Waals surface area contributed by atoms with Crippen LogP contribution in [0.1, 0.15) is 70.2 Å². The van der Waals surface area contributed by atoms with Gasteiger partial charge in [0.05, 0.1) is 12.1 Å². The maximum absolute atomic E-state index is 13.2. The topological polar surface area (TPSA) is 144 Å². The third-order valence-corrected chi connectivity index (χ3v) is 7.58. The molecule has 4 atom stereocenters. The van der Waals surface area contributed by atoms with E-state index in [1.807, 2.05) is 0 Å². The number of nitrogens with one attached hydrogen (secondary N) is 2. The molecule has 4 aliphatic rings. The molecular weight excluding hydrogens is 464 g/mol. The zero-order valence-corrected chi connectivity index (χ0v) is 19.0. The van der Waals surface area contributed by atoms with Gasteiger partial charge in [-0.2, -0.15) is 0 Å². The Balaban J connectivity index is 1.28. The number of fused-ring (bicyclic) bond motifs is 2. The zero-order valence-electron chi connectivity index (χ0n) is 19.0. The van der Waals surface area contributed by atoms with E-state index in [0.29, 0.717) is 25.9 Å². The highest BCUT2D eigenvalue weighted by Gasteiger charge is 2.48. The first-order valence-electron chi connectivity index (χ1n) is 11.8. The van der Waals surface area contributed by atoms with Gasteiger partial charge in [0.15, 0.2) is 40.5 Å². The lowest BCUT2D eigenvalue weighted by molar-refractivity contribution is -0.124. The molecule has 2 N–H and O–H groups in total. The molecule has 2 fully saturated rings. The lowest BCUT2D eigenvalue weighted by Crippen LogP contribution is -2.52. The summed E-state index contributed by atoms with van der Waals surface area (Å²) < 4.78 is 0. The van der Waals surface area contributed by atoms with Gasteiger partial charge in [-0.15, -0.1) is 0 Å². The van der Waals surface area contributed by atoms with E-state index in [1.165, 1.54) is 36.4 Å². The van der Waals surface area contributed by atoms with Crippen LogP contribution >= 0.6 is 0 Å². The molecule has 0 aromatic heterocycles. The molecule has 2 aliphatic carbocycles. The van der Waals surface area contributed by atoms with Crippen LogP contribution in [0.5, 0.6) is 0 Å². The minimum absolute atomic E-state index is 0.0228. The average Bonchev–Trinajstić information content (AvgIpc) is 3.19. The lowest BCUT2D eigenvalue weighted by Gasteiger charge is -2.27. The van der Waals surface area contributed by atoms with Crippen molar-refractivity contribution in [2.45, 2.75) is 24.9 Å². The highest BCUT2D eigenvalue weighted by molar-refractivity contribution is 6.37. The molecule has 2 aromatic rings. The van der Waals surface area contributed by atoms with Crippen molar-refractivity contribution in [3.05, 3.63) is 69.8 Å². The van der Waals surface area contributed by atoms with Gasteiger partial charge in [0, 0.05) is 33.4 Å². The summed E-state index contributed by atoms with van der Waals surface area (Å²) in [5.41, 5.74) is 0.467. The number of Topliss-reactive ketones (excluding diaryl/α,β-unsaturated/α-hetero) is 6. The van der Waals surface area contributed by atoms with Gasteiger partial charge >= 0.3 is 0 Å². The second kappa shape index (κ2) is 8.04. The third kappa shape index (κ3) is 3.13. The SMILES string of the molecule is O=C(c1ccc2c(c1)C(=O)C(C(=O)[C@@H]1CCN1)C2=O)c1ccc2c(c1)C(=O)C(C(=O)[C@@H]1CCN1)C2=O. The molecule has 9 heteroatoms. The first-order valence-corrected chi connectivity index (χ1v) is 11.8. The largest absolute Gasteiger partial charge is 0.307 e. The van der Waals surface area contributed by atoms with Gasteiger partial charge in [0.2, 0.25) is 0 Å². The van der Waals surface area contributed by atoms with Crippen molar-refractivity contribution < 1.29 is 33.6 Å². The van der Waals surface area contributed by atoms with Crippen molar-refractivity contribution in [2.75, 3.05) is 13.1 Å². The predicted octanol–water partition coefficient (Wildman–Crippen LogP) is 0.770. The molecule has 0 radical (unpaired) electrons. The molecule has 0 amide bonds. The Morgan fingerprint density at radius 3 is 1.28 bits per heavy atom. The molecule has 2 unspecified atom stereocenters. The second-order valence-corrected chi connectivity index (χ2v) is 9.57. The first-order chi connectivity index (χ1) is 17.3. The summed E-state index contributed by atoms with van der Waals surface area (Å²) in [6.07, 6.45) is 1.14. The molecule has 2 aliphatic heterocycles. The average molecular weight is 484 g/mol. The van der Waals surface area contributed by atoms with Gasteiger partial charge in [0.25, 0.3) is 0 Å².